The monoisotopic (exact) mass is 407 g/mol. The van der Waals surface area contributed by atoms with Crippen LogP contribution in [0.1, 0.15) is 12.0 Å². The number of aromatic nitrogens is 2. The molecule has 150 valence electrons. The van der Waals surface area contributed by atoms with Crippen molar-refractivity contribution in [3.8, 4) is 10.4 Å². The Hall–Kier alpha value is -2.93. The first kappa shape index (κ1) is 19.4. The smallest absolute Gasteiger partial charge is 0.319 e. The number of nitrogens with one attached hydrogen (secondary N) is 1. The normalized spacial score (nSPS) is 16.1. The van der Waals surface area contributed by atoms with Gasteiger partial charge in [-0.25, -0.2) is 14.8 Å². The van der Waals surface area contributed by atoms with Crippen LogP contribution in [-0.2, 0) is 6.42 Å². The number of hydrogen-bond acceptors (Lipinski definition) is 5. The number of hydrogen-bond donors (Lipinski definition) is 1. The zero-order valence-electron chi connectivity index (χ0n) is 16.7. The van der Waals surface area contributed by atoms with Crippen molar-refractivity contribution in [2.24, 2.45) is 5.92 Å². The van der Waals surface area contributed by atoms with Crippen molar-refractivity contribution in [2.75, 3.05) is 32.5 Å². The van der Waals surface area contributed by atoms with Gasteiger partial charge in [-0.1, -0.05) is 47.7 Å². The van der Waals surface area contributed by atoms with E-state index >= 15 is 0 Å². The summed E-state index contributed by atoms with van der Waals surface area (Å²) in [6, 6.07) is 14.4. The lowest BCUT2D eigenvalue weighted by Gasteiger charge is -2.21. The number of rotatable bonds is 5. The maximum Gasteiger partial charge on any atom is 0.319 e. The Kier molecular flexibility index (Phi) is 5.76. The molecule has 4 rings (SSSR count). The molecule has 2 aromatic heterocycles. The minimum absolute atomic E-state index is 0.100. The Morgan fingerprint density at radius 2 is 2.00 bits per heavy atom. The maximum absolute atomic E-state index is 12.1. The Balaban J connectivity index is 1.33. The summed E-state index contributed by atoms with van der Waals surface area (Å²) in [5, 5.41) is 4.12. The van der Waals surface area contributed by atoms with Gasteiger partial charge in [0.15, 0.2) is 5.13 Å². The van der Waals surface area contributed by atoms with Crippen molar-refractivity contribution in [1.29, 1.82) is 0 Å². The molecule has 0 spiro atoms. The second-order valence-electron chi connectivity index (χ2n) is 7.55. The molecule has 0 saturated carbocycles. The van der Waals surface area contributed by atoms with Gasteiger partial charge in [0, 0.05) is 39.6 Å². The number of thiazole rings is 1. The van der Waals surface area contributed by atoms with Crippen LogP contribution in [0.5, 0.6) is 0 Å². The summed E-state index contributed by atoms with van der Waals surface area (Å²) >= 11 is 1.61. The summed E-state index contributed by atoms with van der Waals surface area (Å²) in [5.74, 6) is 1.28. The van der Waals surface area contributed by atoms with Crippen LogP contribution in [0.15, 0.2) is 54.9 Å². The van der Waals surface area contributed by atoms with Crippen LogP contribution < -0.4 is 5.32 Å². The Labute approximate surface area is 175 Å². The number of nitrogens with zero attached hydrogens (tertiary/aromatic N) is 4. The standard InChI is InChI=1S/C22H25N5OS/c1-26(2)22(28)27-11-10-17(15-27)12-16-8-9-20(23-13-16)25-21-24-14-19(29-21)18-6-4-3-5-7-18/h3-9,13-14,17H,10-12,15H2,1-2H3,(H,23,24,25)/t17-/m0/s1. The highest BCUT2D eigenvalue weighted by molar-refractivity contribution is 7.18. The van der Waals surface area contributed by atoms with Crippen molar-refractivity contribution < 1.29 is 4.79 Å². The molecule has 1 saturated heterocycles. The van der Waals surface area contributed by atoms with Crippen molar-refractivity contribution in [1.82, 2.24) is 19.8 Å². The Morgan fingerprint density at radius 1 is 1.17 bits per heavy atom. The Morgan fingerprint density at radius 3 is 2.72 bits per heavy atom. The van der Waals surface area contributed by atoms with Crippen molar-refractivity contribution in [3.63, 3.8) is 0 Å². The van der Waals surface area contributed by atoms with E-state index in [9.17, 15) is 4.79 Å². The molecule has 0 aliphatic carbocycles. The number of urea groups is 1. The van der Waals surface area contributed by atoms with E-state index in [0.29, 0.717) is 5.92 Å². The molecule has 1 aromatic carbocycles. The lowest BCUT2D eigenvalue weighted by Crippen LogP contribution is -2.37. The fraction of sp³-hybridized carbons (Fsp3) is 0.318. The average molecular weight is 408 g/mol. The highest BCUT2D eigenvalue weighted by atomic mass is 32.1. The second kappa shape index (κ2) is 8.61. The number of carbonyl (C=O) groups excluding carboxylic acids is 1. The zero-order valence-corrected chi connectivity index (χ0v) is 17.5. The van der Waals surface area contributed by atoms with E-state index in [1.807, 2.05) is 41.6 Å². The molecule has 3 aromatic rings. The highest BCUT2D eigenvalue weighted by Gasteiger charge is 2.27. The van der Waals surface area contributed by atoms with Crippen LogP contribution in [-0.4, -0.2) is 53.0 Å². The first-order valence-electron chi connectivity index (χ1n) is 9.78. The molecule has 0 unspecified atom stereocenters. The molecule has 1 aliphatic heterocycles. The number of anilines is 2. The lowest BCUT2D eigenvalue weighted by molar-refractivity contribution is 0.180. The maximum atomic E-state index is 12.1. The third-order valence-corrected chi connectivity index (χ3v) is 6.05. The van der Waals surface area contributed by atoms with Crippen LogP contribution in [0, 0.1) is 5.92 Å². The molecule has 0 bridgehead atoms. The summed E-state index contributed by atoms with van der Waals surface area (Å²) in [6.45, 7) is 1.65. The van der Waals surface area contributed by atoms with Crippen LogP contribution in [0.3, 0.4) is 0 Å². The van der Waals surface area contributed by atoms with Crippen LogP contribution in [0.2, 0.25) is 0 Å². The number of pyridine rings is 1. The molecule has 1 atom stereocenters. The minimum atomic E-state index is 0.100. The molecular formula is C22H25N5OS. The molecule has 1 aliphatic rings. The second-order valence-corrected chi connectivity index (χ2v) is 8.58. The summed E-state index contributed by atoms with van der Waals surface area (Å²) < 4.78 is 0. The van der Waals surface area contributed by atoms with E-state index in [-0.39, 0.29) is 6.03 Å². The summed E-state index contributed by atoms with van der Waals surface area (Å²) in [4.78, 5) is 25.8. The Bertz CT molecular complexity index is 955. The molecule has 1 fully saturated rings. The largest absolute Gasteiger partial charge is 0.331 e. The number of likely N-dealkylation sites (tertiary alicyclic amines) is 1. The number of amides is 2. The molecule has 0 radical (unpaired) electrons. The van der Waals surface area contributed by atoms with E-state index in [1.54, 1.807) is 30.3 Å². The molecule has 7 heteroatoms. The first-order valence-corrected chi connectivity index (χ1v) is 10.6. The average Bonchev–Trinajstić information content (AvgIpc) is 3.39. The third kappa shape index (κ3) is 4.74. The van der Waals surface area contributed by atoms with Gasteiger partial charge < -0.3 is 15.1 Å². The molecule has 2 amide bonds. The first-order chi connectivity index (χ1) is 14.1. The van der Waals surface area contributed by atoms with Gasteiger partial charge in [0.25, 0.3) is 0 Å². The zero-order chi connectivity index (χ0) is 20.2. The fourth-order valence-corrected chi connectivity index (χ4v) is 4.41. The molecule has 29 heavy (non-hydrogen) atoms. The predicted octanol–water partition coefficient (Wildman–Crippen LogP) is 4.49. The van der Waals surface area contributed by atoms with Gasteiger partial charge in [-0.15, -0.1) is 0 Å². The van der Waals surface area contributed by atoms with E-state index in [4.69, 9.17) is 0 Å². The van der Waals surface area contributed by atoms with Crippen LogP contribution in [0.25, 0.3) is 10.4 Å². The summed E-state index contributed by atoms with van der Waals surface area (Å²) in [5.41, 5.74) is 2.36. The van der Waals surface area contributed by atoms with Gasteiger partial charge in [0.2, 0.25) is 0 Å². The molecular weight excluding hydrogens is 382 g/mol. The van der Waals surface area contributed by atoms with Gasteiger partial charge in [-0.2, -0.15) is 0 Å². The lowest BCUT2D eigenvalue weighted by atomic mass is 10.00. The van der Waals surface area contributed by atoms with Gasteiger partial charge in [0.05, 0.1) is 4.88 Å². The van der Waals surface area contributed by atoms with E-state index in [0.717, 1.165) is 41.8 Å². The van der Waals surface area contributed by atoms with E-state index in [1.165, 1.54) is 11.1 Å². The molecule has 3 heterocycles. The summed E-state index contributed by atoms with van der Waals surface area (Å²) in [7, 11) is 3.60. The van der Waals surface area contributed by atoms with Gasteiger partial charge in [-0.05, 0) is 36.0 Å². The topological polar surface area (TPSA) is 61.4 Å². The summed E-state index contributed by atoms with van der Waals surface area (Å²) in [6.07, 6.45) is 5.79. The number of carbonyl (C=O) groups is 1. The fourth-order valence-electron chi connectivity index (χ4n) is 3.59. The molecule has 6 nitrogen and oxygen atoms in total. The van der Waals surface area contributed by atoms with Crippen LogP contribution >= 0.6 is 11.3 Å². The predicted molar refractivity (Wildman–Crippen MR) is 118 cm³/mol. The van der Waals surface area contributed by atoms with Crippen molar-refractivity contribution >= 4 is 28.3 Å². The number of benzene rings is 1. The third-order valence-electron chi connectivity index (χ3n) is 5.09. The van der Waals surface area contributed by atoms with Crippen molar-refractivity contribution in [3.05, 3.63) is 60.4 Å². The van der Waals surface area contributed by atoms with Gasteiger partial charge in [0.1, 0.15) is 5.82 Å². The molecule has 1 N–H and O–H groups in total. The van der Waals surface area contributed by atoms with Crippen molar-refractivity contribution in [2.45, 2.75) is 12.8 Å². The SMILES string of the molecule is CN(C)C(=O)N1CC[C@@H](Cc2ccc(Nc3ncc(-c4ccccc4)s3)nc2)C1. The van der Waals surface area contributed by atoms with Crippen LogP contribution in [0.4, 0.5) is 15.7 Å². The quantitative estimate of drug-likeness (QED) is 0.677. The van der Waals surface area contributed by atoms with Gasteiger partial charge in [-0.3, -0.25) is 0 Å². The van der Waals surface area contributed by atoms with Gasteiger partial charge >= 0.3 is 6.03 Å². The van der Waals surface area contributed by atoms with E-state index in [2.05, 4.69) is 33.5 Å². The minimum Gasteiger partial charge on any atom is -0.331 e. The van der Waals surface area contributed by atoms with E-state index < -0.39 is 0 Å². The highest BCUT2D eigenvalue weighted by Crippen LogP contribution is 2.30.